The van der Waals surface area contributed by atoms with Gasteiger partial charge in [-0.05, 0) is 34.6 Å². The van der Waals surface area contributed by atoms with E-state index in [2.05, 4.69) is 5.32 Å². The third-order valence-electron chi connectivity index (χ3n) is 3.06. The number of hydrogen-bond acceptors (Lipinski definition) is 6. The van der Waals surface area contributed by atoms with Gasteiger partial charge in [0.05, 0.1) is 6.10 Å². The summed E-state index contributed by atoms with van der Waals surface area (Å²) in [6.07, 6.45) is -0.908. The van der Waals surface area contributed by atoms with Crippen LogP contribution >= 0.6 is 0 Å². The van der Waals surface area contributed by atoms with Gasteiger partial charge in [-0.15, -0.1) is 0 Å². The summed E-state index contributed by atoms with van der Waals surface area (Å²) in [7, 11) is 0. The number of aliphatic hydroxyl groups is 1. The first-order valence-corrected chi connectivity index (χ1v) is 8.16. The molecule has 1 rings (SSSR count). The van der Waals surface area contributed by atoms with Crippen molar-refractivity contribution in [2.24, 2.45) is 0 Å². The Morgan fingerprint density at radius 2 is 1.73 bits per heavy atom. The lowest BCUT2D eigenvalue weighted by atomic mass is 10.1. The standard InChI is InChI=1S/C19H25NO6/c1-12(11-15(22)14-9-7-6-8-10-14)25-17(23)16(13(2)21)20-18(24)26-19(3,4)5/h6-11,13,16,21H,1-5H3,(H,20,24)/b12-11+/t13-,16+/m1/s1. The van der Waals surface area contributed by atoms with Crippen LogP contribution in [0.4, 0.5) is 4.79 Å². The highest BCUT2D eigenvalue weighted by molar-refractivity contribution is 6.04. The fourth-order valence-corrected chi connectivity index (χ4v) is 1.93. The normalized spacial score (nSPS) is 14.2. The van der Waals surface area contributed by atoms with Crippen LogP contribution in [0.25, 0.3) is 0 Å². The number of allylic oxidation sites excluding steroid dienone is 2. The first-order chi connectivity index (χ1) is 12.0. The molecular weight excluding hydrogens is 338 g/mol. The van der Waals surface area contributed by atoms with Crippen molar-refractivity contribution in [3.63, 3.8) is 0 Å². The van der Waals surface area contributed by atoms with Gasteiger partial charge in [-0.2, -0.15) is 0 Å². The fraction of sp³-hybridized carbons (Fsp3) is 0.421. The Hall–Kier alpha value is -2.67. The molecule has 1 amide bonds. The van der Waals surface area contributed by atoms with Crippen molar-refractivity contribution in [1.29, 1.82) is 0 Å². The molecule has 0 aliphatic heterocycles. The smallest absolute Gasteiger partial charge is 0.408 e. The number of aliphatic hydroxyl groups excluding tert-OH is 1. The molecule has 0 radical (unpaired) electrons. The highest BCUT2D eigenvalue weighted by atomic mass is 16.6. The van der Waals surface area contributed by atoms with Crippen molar-refractivity contribution in [3.8, 4) is 0 Å². The molecule has 0 heterocycles. The van der Waals surface area contributed by atoms with E-state index in [1.807, 2.05) is 0 Å². The molecule has 0 bridgehead atoms. The highest BCUT2D eigenvalue weighted by Crippen LogP contribution is 2.10. The topological polar surface area (TPSA) is 102 Å². The Morgan fingerprint density at radius 1 is 1.15 bits per heavy atom. The number of carbonyl (C=O) groups is 3. The van der Waals surface area contributed by atoms with E-state index in [1.54, 1.807) is 51.1 Å². The first-order valence-electron chi connectivity index (χ1n) is 8.16. The second-order valence-electron chi connectivity index (χ2n) is 6.77. The Morgan fingerprint density at radius 3 is 2.23 bits per heavy atom. The number of alkyl carbamates (subject to hydrolysis) is 1. The zero-order valence-electron chi connectivity index (χ0n) is 15.6. The molecule has 7 nitrogen and oxygen atoms in total. The Kier molecular flexibility index (Phi) is 7.52. The van der Waals surface area contributed by atoms with Crippen LogP contribution in [0, 0.1) is 0 Å². The van der Waals surface area contributed by atoms with Crippen LogP contribution in [0.3, 0.4) is 0 Å². The molecule has 0 unspecified atom stereocenters. The average Bonchev–Trinajstić information content (AvgIpc) is 2.51. The van der Waals surface area contributed by atoms with Crippen LogP contribution < -0.4 is 5.32 Å². The van der Waals surface area contributed by atoms with Crippen LogP contribution in [0.2, 0.25) is 0 Å². The Labute approximate surface area is 153 Å². The summed E-state index contributed by atoms with van der Waals surface area (Å²) in [5.41, 5.74) is -0.309. The summed E-state index contributed by atoms with van der Waals surface area (Å²) in [6.45, 7) is 7.78. The molecule has 0 fully saturated rings. The molecule has 0 aromatic heterocycles. The second-order valence-corrected chi connectivity index (χ2v) is 6.77. The molecule has 0 aliphatic carbocycles. The number of esters is 1. The molecule has 2 N–H and O–H groups in total. The molecule has 2 atom stereocenters. The zero-order chi connectivity index (χ0) is 19.9. The molecule has 0 saturated carbocycles. The van der Waals surface area contributed by atoms with Crippen molar-refractivity contribution in [2.45, 2.75) is 52.4 Å². The maximum absolute atomic E-state index is 12.2. The van der Waals surface area contributed by atoms with Crippen LogP contribution in [-0.2, 0) is 14.3 Å². The number of carbonyl (C=O) groups excluding carboxylic acids is 3. The van der Waals surface area contributed by atoms with Crippen LogP contribution in [0.5, 0.6) is 0 Å². The first kappa shape index (κ1) is 21.4. The van der Waals surface area contributed by atoms with Gasteiger partial charge in [0.2, 0.25) is 0 Å². The van der Waals surface area contributed by atoms with E-state index in [0.717, 1.165) is 0 Å². The predicted octanol–water partition coefficient (Wildman–Crippen LogP) is 2.59. The molecule has 1 aromatic rings. The summed E-state index contributed by atoms with van der Waals surface area (Å²) < 4.78 is 10.1. The SMILES string of the molecule is C/C(=C\C(=O)c1ccccc1)OC(=O)[C@@H](NC(=O)OC(C)(C)C)[C@@H](C)O. The molecule has 0 aliphatic rings. The number of ether oxygens (including phenoxy) is 2. The van der Waals surface area contributed by atoms with E-state index in [-0.39, 0.29) is 11.5 Å². The minimum atomic E-state index is -1.33. The van der Waals surface area contributed by atoms with Crippen molar-refractivity contribution >= 4 is 17.8 Å². The summed E-state index contributed by atoms with van der Waals surface area (Å²) in [5, 5.41) is 12.0. The van der Waals surface area contributed by atoms with Gasteiger partial charge in [0.25, 0.3) is 0 Å². The van der Waals surface area contributed by atoms with Crippen molar-refractivity contribution in [1.82, 2.24) is 5.32 Å². The number of hydrogen-bond donors (Lipinski definition) is 2. The zero-order valence-corrected chi connectivity index (χ0v) is 15.6. The van der Waals surface area contributed by atoms with Gasteiger partial charge < -0.3 is 19.9 Å². The maximum Gasteiger partial charge on any atom is 0.408 e. The molecule has 26 heavy (non-hydrogen) atoms. The van der Waals surface area contributed by atoms with E-state index < -0.39 is 29.8 Å². The lowest BCUT2D eigenvalue weighted by Gasteiger charge is -2.24. The lowest BCUT2D eigenvalue weighted by molar-refractivity contribution is -0.144. The summed E-state index contributed by atoms with van der Waals surface area (Å²) >= 11 is 0. The quantitative estimate of drug-likeness (QED) is 0.349. The largest absolute Gasteiger partial charge is 0.444 e. The van der Waals surface area contributed by atoms with Crippen LogP contribution in [0.1, 0.15) is 45.0 Å². The van der Waals surface area contributed by atoms with Crippen molar-refractivity contribution in [3.05, 3.63) is 47.7 Å². The van der Waals surface area contributed by atoms with E-state index in [1.165, 1.54) is 19.9 Å². The van der Waals surface area contributed by atoms with E-state index in [4.69, 9.17) is 9.47 Å². The highest BCUT2D eigenvalue weighted by Gasteiger charge is 2.29. The van der Waals surface area contributed by atoms with Gasteiger partial charge in [0.1, 0.15) is 11.4 Å². The minimum Gasteiger partial charge on any atom is -0.444 e. The van der Waals surface area contributed by atoms with Gasteiger partial charge >= 0.3 is 12.1 Å². The predicted molar refractivity (Wildman–Crippen MR) is 95.5 cm³/mol. The number of rotatable bonds is 6. The van der Waals surface area contributed by atoms with E-state index in [0.29, 0.717) is 5.56 Å². The Balaban J connectivity index is 2.76. The van der Waals surface area contributed by atoms with Gasteiger partial charge in [0.15, 0.2) is 11.8 Å². The number of amides is 1. The van der Waals surface area contributed by atoms with Crippen molar-refractivity contribution < 1.29 is 29.0 Å². The van der Waals surface area contributed by atoms with E-state index >= 15 is 0 Å². The lowest BCUT2D eigenvalue weighted by Crippen LogP contribution is -2.49. The fourth-order valence-electron chi connectivity index (χ4n) is 1.93. The molecule has 1 aromatic carbocycles. The molecule has 7 heteroatoms. The van der Waals surface area contributed by atoms with Crippen LogP contribution in [0.15, 0.2) is 42.2 Å². The molecule has 142 valence electrons. The average molecular weight is 363 g/mol. The summed E-state index contributed by atoms with van der Waals surface area (Å²) in [4.78, 5) is 36.1. The monoisotopic (exact) mass is 363 g/mol. The molecular formula is C19H25NO6. The van der Waals surface area contributed by atoms with Crippen LogP contribution in [-0.4, -0.2) is 40.7 Å². The van der Waals surface area contributed by atoms with Gasteiger partial charge in [-0.25, -0.2) is 9.59 Å². The van der Waals surface area contributed by atoms with Gasteiger partial charge in [-0.1, -0.05) is 30.3 Å². The minimum absolute atomic E-state index is 0.0421. The summed E-state index contributed by atoms with van der Waals surface area (Å²) in [5.74, 6) is -1.19. The number of nitrogens with one attached hydrogen (secondary N) is 1. The maximum atomic E-state index is 12.2. The molecule has 0 spiro atoms. The second kappa shape index (κ2) is 9.15. The number of ketones is 1. The summed E-state index contributed by atoms with van der Waals surface area (Å²) in [6, 6.07) is 7.16. The molecule has 0 saturated heterocycles. The Bertz CT molecular complexity index is 673. The van der Waals surface area contributed by atoms with Crippen molar-refractivity contribution in [2.75, 3.05) is 0 Å². The third kappa shape index (κ3) is 7.48. The van der Waals surface area contributed by atoms with Gasteiger partial charge in [-0.3, -0.25) is 4.79 Å². The number of benzene rings is 1. The van der Waals surface area contributed by atoms with Gasteiger partial charge in [0, 0.05) is 11.6 Å². The van der Waals surface area contributed by atoms with E-state index in [9.17, 15) is 19.5 Å². The third-order valence-corrected chi connectivity index (χ3v) is 3.06.